The molecule has 0 amide bonds. The van der Waals surface area contributed by atoms with Gasteiger partial charge in [-0.1, -0.05) is 19.8 Å². The molecule has 15 heavy (non-hydrogen) atoms. The molecule has 0 aromatic rings. The molecule has 0 rings (SSSR count). The van der Waals surface area contributed by atoms with E-state index in [2.05, 4.69) is 6.92 Å². The maximum absolute atomic E-state index is 11.5. The highest BCUT2D eigenvalue weighted by molar-refractivity contribution is 5.98. The first-order valence-corrected chi connectivity index (χ1v) is 5.26. The van der Waals surface area contributed by atoms with Gasteiger partial charge in [-0.05, 0) is 27.2 Å². The van der Waals surface area contributed by atoms with Gasteiger partial charge in [0.15, 0.2) is 5.41 Å². The van der Waals surface area contributed by atoms with Crippen molar-refractivity contribution in [3.8, 4) is 0 Å². The first-order chi connectivity index (χ1) is 6.82. The van der Waals surface area contributed by atoms with Gasteiger partial charge in [0.1, 0.15) is 0 Å². The summed E-state index contributed by atoms with van der Waals surface area (Å²) in [6.07, 6.45) is 2.57. The van der Waals surface area contributed by atoms with E-state index in [1.807, 2.05) is 0 Å². The molecular weight excluding hydrogens is 196 g/mol. The Balaban J connectivity index is 4.18. The van der Waals surface area contributed by atoms with Crippen molar-refractivity contribution in [3.05, 3.63) is 0 Å². The van der Waals surface area contributed by atoms with E-state index in [1.165, 1.54) is 13.8 Å². The fraction of sp³-hybridized carbons (Fsp3) is 0.818. The minimum Gasteiger partial charge on any atom is -0.480 e. The van der Waals surface area contributed by atoms with Crippen LogP contribution in [0.4, 0.5) is 0 Å². The fourth-order valence-corrected chi connectivity index (χ4v) is 0.968. The highest BCUT2D eigenvalue weighted by Gasteiger charge is 2.38. The number of carbonyl (C=O) groups is 2. The number of rotatable bonds is 6. The number of hydrogen-bond donors (Lipinski definition) is 1. The number of carboxylic acids is 1. The molecule has 88 valence electrons. The normalized spacial score (nSPS) is 13.3. The predicted molar refractivity (Wildman–Crippen MR) is 56.5 cm³/mol. The van der Waals surface area contributed by atoms with Crippen LogP contribution in [0.3, 0.4) is 0 Å². The number of unbranched alkanes of at least 4 members (excludes halogenated alkanes) is 1. The number of esters is 1. The summed E-state index contributed by atoms with van der Waals surface area (Å²) < 4.78 is 5.06. The summed E-state index contributed by atoms with van der Waals surface area (Å²) in [6, 6.07) is 0. The van der Waals surface area contributed by atoms with Gasteiger partial charge in [-0.2, -0.15) is 0 Å². The van der Waals surface area contributed by atoms with E-state index >= 15 is 0 Å². The number of hydrogen-bond acceptors (Lipinski definition) is 3. The maximum atomic E-state index is 11.5. The van der Waals surface area contributed by atoms with Crippen molar-refractivity contribution in [1.82, 2.24) is 0 Å². The first kappa shape index (κ1) is 13.9. The van der Waals surface area contributed by atoms with Gasteiger partial charge in [-0.25, -0.2) is 0 Å². The Hall–Kier alpha value is -1.06. The van der Waals surface area contributed by atoms with Crippen LogP contribution in [-0.4, -0.2) is 23.1 Å². The minimum atomic E-state index is -1.46. The van der Waals surface area contributed by atoms with E-state index in [-0.39, 0.29) is 6.10 Å². The Bertz CT molecular complexity index is 233. The van der Waals surface area contributed by atoms with Gasteiger partial charge in [0.05, 0.1) is 6.10 Å². The number of carboxylic acid groups (broad SMARTS) is 1. The Morgan fingerprint density at radius 3 is 2.33 bits per heavy atom. The second-order valence-electron chi connectivity index (χ2n) is 4.29. The maximum Gasteiger partial charge on any atom is 0.323 e. The summed E-state index contributed by atoms with van der Waals surface area (Å²) in [7, 11) is 0. The zero-order valence-electron chi connectivity index (χ0n) is 9.87. The average molecular weight is 216 g/mol. The highest BCUT2D eigenvalue weighted by Crippen LogP contribution is 2.19. The van der Waals surface area contributed by atoms with Crippen LogP contribution in [0.5, 0.6) is 0 Å². The van der Waals surface area contributed by atoms with Crippen LogP contribution in [-0.2, 0) is 14.3 Å². The Morgan fingerprint density at radius 2 is 1.93 bits per heavy atom. The van der Waals surface area contributed by atoms with Gasteiger partial charge < -0.3 is 9.84 Å². The van der Waals surface area contributed by atoms with Crippen LogP contribution in [0.2, 0.25) is 0 Å². The molecule has 0 radical (unpaired) electrons. The standard InChI is InChI=1S/C11H20O4/c1-5-6-7-8(2)15-10(14)11(3,4)9(12)13/h8H,5-7H2,1-4H3,(H,12,13)/t8-/m1/s1. The molecule has 0 saturated carbocycles. The smallest absolute Gasteiger partial charge is 0.323 e. The molecule has 0 aliphatic rings. The van der Waals surface area contributed by atoms with E-state index in [9.17, 15) is 9.59 Å². The van der Waals surface area contributed by atoms with E-state index in [1.54, 1.807) is 6.92 Å². The monoisotopic (exact) mass is 216 g/mol. The molecule has 0 aliphatic carbocycles. The molecule has 4 nitrogen and oxygen atoms in total. The summed E-state index contributed by atoms with van der Waals surface area (Å²) in [5.41, 5.74) is -1.46. The average Bonchev–Trinajstić information content (AvgIpc) is 2.14. The SMILES string of the molecule is CCCC[C@@H](C)OC(=O)C(C)(C)C(=O)O. The molecule has 0 heterocycles. The van der Waals surface area contributed by atoms with E-state index in [0.717, 1.165) is 19.3 Å². The summed E-state index contributed by atoms with van der Waals surface area (Å²) in [6.45, 7) is 6.54. The zero-order chi connectivity index (χ0) is 12.1. The molecule has 1 N–H and O–H groups in total. The first-order valence-electron chi connectivity index (χ1n) is 5.26. The van der Waals surface area contributed by atoms with Gasteiger partial charge in [0, 0.05) is 0 Å². The zero-order valence-corrected chi connectivity index (χ0v) is 9.87. The van der Waals surface area contributed by atoms with Gasteiger partial charge in [-0.15, -0.1) is 0 Å². The molecular formula is C11H20O4. The Labute approximate surface area is 90.6 Å². The Morgan fingerprint density at radius 1 is 1.40 bits per heavy atom. The van der Waals surface area contributed by atoms with Gasteiger partial charge in [0.25, 0.3) is 0 Å². The van der Waals surface area contributed by atoms with Crippen LogP contribution in [0, 0.1) is 5.41 Å². The van der Waals surface area contributed by atoms with Crippen molar-refractivity contribution in [2.75, 3.05) is 0 Å². The quantitative estimate of drug-likeness (QED) is 0.546. The molecule has 0 aromatic carbocycles. The fourth-order valence-electron chi connectivity index (χ4n) is 0.968. The molecule has 4 heteroatoms. The van der Waals surface area contributed by atoms with Crippen molar-refractivity contribution in [3.63, 3.8) is 0 Å². The van der Waals surface area contributed by atoms with Crippen LogP contribution >= 0.6 is 0 Å². The van der Waals surface area contributed by atoms with Crippen LogP contribution in [0.15, 0.2) is 0 Å². The summed E-state index contributed by atoms with van der Waals surface area (Å²) in [4.78, 5) is 22.2. The van der Waals surface area contributed by atoms with Crippen molar-refractivity contribution >= 4 is 11.9 Å². The van der Waals surface area contributed by atoms with Gasteiger partial charge in [0.2, 0.25) is 0 Å². The second kappa shape index (κ2) is 5.73. The predicted octanol–water partition coefficient (Wildman–Crippen LogP) is 2.22. The lowest BCUT2D eigenvalue weighted by Crippen LogP contribution is -2.36. The summed E-state index contributed by atoms with van der Waals surface area (Å²) in [5.74, 6) is -1.83. The lowest BCUT2D eigenvalue weighted by molar-refractivity contribution is -0.169. The lowest BCUT2D eigenvalue weighted by Gasteiger charge is -2.20. The molecule has 1 atom stereocenters. The van der Waals surface area contributed by atoms with Crippen LogP contribution in [0.1, 0.15) is 47.0 Å². The molecule has 0 aromatic heterocycles. The molecule has 0 unspecified atom stereocenters. The van der Waals surface area contributed by atoms with Gasteiger partial charge in [-0.3, -0.25) is 9.59 Å². The molecule has 0 bridgehead atoms. The van der Waals surface area contributed by atoms with E-state index in [4.69, 9.17) is 9.84 Å². The minimum absolute atomic E-state index is 0.212. The van der Waals surface area contributed by atoms with Crippen molar-refractivity contribution < 1.29 is 19.4 Å². The Kier molecular flexibility index (Phi) is 5.33. The van der Waals surface area contributed by atoms with Crippen LogP contribution in [0.25, 0.3) is 0 Å². The van der Waals surface area contributed by atoms with Crippen molar-refractivity contribution in [1.29, 1.82) is 0 Å². The number of ether oxygens (including phenoxy) is 1. The third-order valence-corrected chi connectivity index (χ3v) is 2.32. The molecule has 0 saturated heterocycles. The van der Waals surface area contributed by atoms with Gasteiger partial charge >= 0.3 is 11.9 Å². The highest BCUT2D eigenvalue weighted by atomic mass is 16.5. The third-order valence-electron chi connectivity index (χ3n) is 2.32. The largest absolute Gasteiger partial charge is 0.480 e. The number of carbonyl (C=O) groups excluding carboxylic acids is 1. The summed E-state index contributed by atoms with van der Waals surface area (Å²) in [5, 5.41) is 8.80. The van der Waals surface area contributed by atoms with Crippen molar-refractivity contribution in [2.45, 2.75) is 53.1 Å². The molecule has 0 aliphatic heterocycles. The number of aliphatic carboxylic acids is 1. The molecule has 0 spiro atoms. The van der Waals surface area contributed by atoms with E-state index < -0.39 is 17.4 Å². The van der Waals surface area contributed by atoms with E-state index in [0.29, 0.717) is 0 Å². The second-order valence-corrected chi connectivity index (χ2v) is 4.29. The molecule has 0 fully saturated rings. The third kappa shape index (κ3) is 4.32. The topological polar surface area (TPSA) is 63.6 Å². The van der Waals surface area contributed by atoms with Crippen molar-refractivity contribution in [2.24, 2.45) is 5.41 Å². The van der Waals surface area contributed by atoms with Crippen LogP contribution < -0.4 is 0 Å². The lowest BCUT2D eigenvalue weighted by atomic mass is 9.94. The summed E-state index contributed by atoms with van der Waals surface area (Å²) >= 11 is 0.